The van der Waals surface area contributed by atoms with Crippen molar-refractivity contribution < 1.29 is 20.1 Å². The predicted molar refractivity (Wildman–Crippen MR) is 98.8 cm³/mol. The van der Waals surface area contributed by atoms with E-state index in [9.17, 15) is 24.9 Å². The third-order valence-electron chi connectivity index (χ3n) is 4.95. The first kappa shape index (κ1) is 18.5. The topological polar surface area (TPSA) is 127 Å². The van der Waals surface area contributed by atoms with E-state index in [1.54, 1.807) is 6.20 Å². The zero-order valence-electron chi connectivity index (χ0n) is 14.8. The maximum atomic E-state index is 12.9. The van der Waals surface area contributed by atoms with Gasteiger partial charge in [-0.2, -0.15) is 0 Å². The van der Waals surface area contributed by atoms with Gasteiger partial charge >= 0.3 is 5.69 Å². The lowest BCUT2D eigenvalue weighted by molar-refractivity contribution is -0.0555. The minimum atomic E-state index is -1.42. The molecular formula is C19H19N3O6. The minimum Gasteiger partial charge on any atom is -0.394 e. The molecule has 1 aliphatic heterocycles. The number of aliphatic hydroxyl groups is 3. The summed E-state index contributed by atoms with van der Waals surface area (Å²) in [5, 5.41) is 31.1. The van der Waals surface area contributed by atoms with Gasteiger partial charge in [0, 0.05) is 23.8 Å². The smallest absolute Gasteiger partial charge is 0.333 e. The number of rotatable bonds is 4. The number of nitrogens with zero attached hydrogens (tertiary/aromatic N) is 3. The number of pyridine rings is 1. The van der Waals surface area contributed by atoms with Gasteiger partial charge < -0.3 is 20.1 Å². The van der Waals surface area contributed by atoms with Crippen LogP contribution in [0.25, 0.3) is 10.8 Å². The van der Waals surface area contributed by atoms with Gasteiger partial charge in [-0.1, -0.05) is 24.3 Å². The summed E-state index contributed by atoms with van der Waals surface area (Å²) in [5.74, 6) is 0. The third-order valence-corrected chi connectivity index (χ3v) is 4.95. The molecule has 0 amide bonds. The Kier molecular flexibility index (Phi) is 4.82. The summed E-state index contributed by atoms with van der Waals surface area (Å²) in [5.41, 5.74) is -0.684. The first-order valence-corrected chi connectivity index (χ1v) is 8.78. The van der Waals surface area contributed by atoms with E-state index in [4.69, 9.17) is 4.74 Å². The highest BCUT2D eigenvalue weighted by Gasteiger charge is 2.43. The molecule has 1 saturated heterocycles. The van der Waals surface area contributed by atoms with Crippen molar-refractivity contribution in [3.8, 4) is 0 Å². The van der Waals surface area contributed by atoms with Gasteiger partial charge in [0.1, 0.15) is 18.3 Å². The van der Waals surface area contributed by atoms with Crippen molar-refractivity contribution in [1.29, 1.82) is 0 Å². The summed E-state index contributed by atoms with van der Waals surface area (Å²) in [6, 6.07) is 10.5. The van der Waals surface area contributed by atoms with E-state index < -0.39 is 42.4 Å². The summed E-state index contributed by atoms with van der Waals surface area (Å²) in [7, 11) is 0. The Morgan fingerprint density at radius 3 is 2.61 bits per heavy atom. The number of hydrogen-bond acceptors (Lipinski definition) is 7. The number of benzene rings is 1. The molecule has 146 valence electrons. The Balaban J connectivity index is 1.76. The van der Waals surface area contributed by atoms with Crippen LogP contribution in [0.1, 0.15) is 11.9 Å². The zero-order chi connectivity index (χ0) is 19.8. The molecule has 1 aliphatic rings. The molecule has 0 saturated carbocycles. The lowest BCUT2D eigenvalue weighted by atomic mass is 10.1. The van der Waals surface area contributed by atoms with Gasteiger partial charge in [0.05, 0.1) is 18.8 Å². The second-order valence-corrected chi connectivity index (χ2v) is 6.64. The van der Waals surface area contributed by atoms with Crippen molar-refractivity contribution in [3.05, 3.63) is 75.3 Å². The van der Waals surface area contributed by atoms with Crippen molar-refractivity contribution in [1.82, 2.24) is 14.1 Å². The first-order chi connectivity index (χ1) is 13.5. The molecule has 4 atom stereocenters. The Morgan fingerprint density at radius 2 is 1.86 bits per heavy atom. The van der Waals surface area contributed by atoms with Gasteiger partial charge in [-0.05, 0) is 11.5 Å². The fourth-order valence-corrected chi connectivity index (χ4v) is 3.44. The maximum absolute atomic E-state index is 12.9. The van der Waals surface area contributed by atoms with Gasteiger partial charge in [-0.15, -0.1) is 0 Å². The van der Waals surface area contributed by atoms with Crippen LogP contribution in [0.5, 0.6) is 0 Å². The number of aromatic nitrogens is 3. The van der Waals surface area contributed by atoms with E-state index in [0.717, 1.165) is 19.9 Å². The summed E-state index contributed by atoms with van der Waals surface area (Å²) in [4.78, 5) is 29.6. The minimum absolute atomic E-state index is 0.0609. The average molecular weight is 385 g/mol. The summed E-state index contributed by atoms with van der Waals surface area (Å²) < 4.78 is 7.43. The Hall–Kier alpha value is -2.85. The van der Waals surface area contributed by atoms with Crippen LogP contribution in [0.4, 0.5) is 0 Å². The predicted octanol–water partition coefficient (Wildman–Crippen LogP) is -0.782. The largest absolute Gasteiger partial charge is 0.394 e. The number of fused-ring (bicyclic) bond motifs is 1. The third kappa shape index (κ3) is 3.04. The van der Waals surface area contributed by atoms with Crippen molar-refractivity contribution >= 4 is 10.8 Å². The summed E-state index contributed by atoms with van der Waals surface area (Å²) in [6.07, 6.45) is -2.19. The molecule has 0 radical (unpaired) electrons. The van der Waals surface area contributed by atoms with Crippen LogP contribution in [0.3, 0.4) is 0 Å². The Morgan fingerprint density at radius 1 is 1.07 bits per heavy atom. The van der Waals surface area contributed by atoms with Crippen LogP contribution in [0.15, 0.2) is 58.4 Å². The SMILES string of the molecule is O=c1ccn([C@@H]2O[C@H](CO)[C@H](O)C2O)c(=O)n1Cc1nccc2ccccc12. The summed E-state index contributed by atoms with van der Waals surface area (Å²) >= 11 is 0. The molecule has 9 nitrogen and oxygen atoms in total. The molecule has 3 heterocycles. The molecule has 3 aromatic rings. The number of aliphatic hydroxyl groups excluding tert-OH is 3. The van der Waals surface area contributed by atoms with Gasteiger partial charge in [0.15, 0.2) is 6.23 Å². The van der Waals surface area contributed by atoms with Gasteiger partial charge in [0.25, 0.3) is 5.56 Å². The molecule has 1 unspecified atom stereocenters. The fourth-order valence-electron chi connectivity index (χ4n) is 3.44. The molecule has 0 aliphatic carbocycles. The fraction of sp³-hybridized carbons (Fsp3) is 0.316. The van der Waals surface area contributed by atoms with Crippen molar-refractivity contribution in [2.24, 2.45) is 0 Å². The van der Waals surface area contributed by atoms with Crippen LogP contribution in [0, 0.1) is 0 Å². The Labute approximate surface area is 158 Å². The van der Waals surface area contributed by atoms with Gasteiger partial charge in [-0.25, -0.2) is 4.79 Å². The van der Waals surface area contributed by atoms with Crippen LogP contribution < -0.4 is 11.2 Å². The van der Waals surface area contributed by atoms with E-state index in [2.05, 4.69) is 4.98 Å². The van der Waals surface area contributed by atoms with Crippen LogP contribution in [-0.4, -0.2) is 54.4 Å². The molecule has 2 aromatic heterocycles. The van der Waals surface area contributed by atoms with Crippen LogP contribution in [0.2, 0.25) is 0 Å². The quantitative estimate of drug-likeness (QED) is 0.538. The van der Waals surface area contributed by atoms with Crippen LogP contribution in [-0.2, 0) is 11.3 Å². The van der Waals surface area contributed by atoms with E-state index in [1.807, 2.05) is 30.3 Å². The van der Waals surface area contributed by atoms with E-state index in [1.165, 1.54) is 12.3 Å². The van der Waals surface area contributed by atoms with E-state index in [0.29, 0.717) is 5.69 Å². The second kappa shape index (κ2) is 7.28. The molecular weight excluding hydrogens is 366 g/mol. The van der Waals surface area contributed by atoms with Crippen LogP contribution >= 0.6 is 0 Å². The lowest BCUT2D eigenvalue weighted by Crippen LogP contribution is -2.43. The molecule has 1 aromatic carbocycles. The monoisotopic (exact) mass is 385 g/mol. The van der Waals surface area contributed by atoms with Crippen molar-refractivity contribution in [2.45, 2.75) is 31.1 Å². The molecule has 0 bridgehead atoms. The highest BCUT2D eigenvalue weighted by atomic mass is 16.6. The van der Waals surface area contributed by atoms with E-state index >= 15 is 0 Å². The highest BCUT2D eigenvalue weighted by Crippen LogP contribution is 2.27. The molecule has 3 N–H and O–H groups in total. The molecule has 28 heavy (non-hydrogen) atoms. The highest BCUT2D eigenvalue weighted by molar-refractivity contribution is 5.84. The normalized spacial score (nSPS) is 24.7. The van der Waals surface area contributed by atoms with Crippen molar-refractivity contribution in [2.75, 3.05) is 6.61 Å². The summed E-state index contributed by atoms with van der Waals surface area (Å²) in [6.45, 7) is -0.572. The maximum Gasteiger partial charge on any atom is 0.333 e. The average Bonchev–Trinajstić information content (AvgIpc) is 2.99. The number of hydrogen-bond donors (Lipinski definition) is 3. The van der Waals surface area contributed by atoms with Crippen molar-refractivity contribution in [3.63, 3.8) is 0 Å². The van der Waals surface area contributed by atoms with Gasteiger partial charge in [-0.3, -0.25) is 18.9 Å². The number of ether oxygens (including phenoxy) is 1. The zero-order valence-corrected chi connectivity index (χ0v) is 14.8. The molecule has 1 fully saturated rings. The van der Waals surface area contributed by atoms with Gasteiger partial charge in [0.2, 0.25) is 0 Å². The standard InChI is InChI=1S/C19H19N3O6/c23-10-14-16(25)17(26)18(28-14)21-8-6-15(24)22(19(21)27)9-13-12-4-2-1-3-11(12)5-7-20-13/h1-8,14,16-18,23,25-26H,9-10H2/t14-,16+,17?,18-/m1/s1. The van der Waals surface area contributed by atoms with E-state index in [-0.39, 0.29) is 6.54 Å². The molecule has 9 heteroatoms. The second-order valence-electron chi connectivity index (χ2n) is 6.64. The Bertz CT molecular complexity index is 1120. The molecule has 4 rings (SSSR count). The first-order valence-electron chi connectivity index (χ1n) is 8.78. The molecule has 0 spiro atoms. The lowest BCUT2D eigenvalue weighted by Gasteiger charge is -2.18.